The number of ether oxygens (including phenoxy) is 1. The monoisotopic (exact) mass is 379 g/mol. The molecule has 0 radical (unpaired) electrons. The van der Waals surface area contributed by atoms with Gasteiger partial charge in [0.2, 0.25) is 15.2 Å². The number of rotatable bonds is 8. The number of sulfonamides is 1. The molecule has 0 aliphatic heterocycles. The van der Waals surface area contributed by atoms with Crippen LogP contribution in [0.3, 0.4) is 0 Å². The second kappa shape index (κ2) is 8.11. The van der Waals surface area contributed by atoms with Gasteiger partial charge in [-0.25, -0.2) is 8.42 Å². The first-order valence-electron chi connectivity index (χ1n) is 6.19. The maximum Gasteiger partial charge on any atom is 0.238 e. The summed E-state index contributed by atoms with van der Waals surface area (Å²) >= 11 is 8.62. The van der Waals surface area contributed by atoms with Crippen LogP contribution in [0.15, 0.2) is 28.6 Å². The molecule has 0 amide bonds. The van der Waals surface area contributed by atoms with Gasteiger partial charge in [0.05, 0.1) is 12.4 Å². The van der Waals surface area contributed by atoms with E-state index in [2.05, 4.69) is 14.9 Å². The Morgan fingerprint density at radius 2 is 2.14 bits per heavy atom. The Bertz CT molecular complexity index is 721. The maximum atomic E-state index is 12.1. The summed E-state index contributed by atoms with van der Waals surface area (Å²) in [4.78, 5) is 0. The minimum atomic E-state index is -3.58. The third-order valence-electron chi connectivity index (χ3n) is 2.47. The average molecular weight is 380 g/mol. The summed E-state index contributed by atoms with van der Waals surface area (Å²) in [6.07, 6.45) is 0. The van der Waals surface area contributed by atoms with Crippen molar-refractivity contribution in [3.8, 4) is 0 Å². The van der Waals surface area contributed by atoms with Gasteiger partial charge in [-0.1, -0.05) is 52.9 Å². The number of aromatic nitrogens is 2. The number of hydrogen-bond acceptors (Lipinski definition) is 7. The topological polar surface area (TPSA) is 81.2 Å². The Kier molecular flexibility index (Phi) is 6.45. The van der Waals surface area contributed by atoms with Gasteiger partial charge < -0.3 is 4.74 Å². The van der Waals surface area contributed by atoms with Crippen molar-refractivity contribution in [3.63, 3.8) is 0 Å². The molecule has 6 nitrogen and oxygen atoms in total. The molecule has 0 saturated carbocycles. The lowest BCUT2D eigenvalue weighted by molar-refractivity contribution is 0.218. The third kappa shape index (κ3) is 5.40. The van der Waals surface area contributed by atoms with Crippen LogP contribution in [0.25, 0.3) is 0 Å². The molecule has 0 unspecified atom stereocenters. The minimum Gasteiger partial charge on any atom is -0.384 e. The molecule has 2 rings (SSSR count). The van der Waals surface area contributed by atoms with Gasteiger partial charge in [0.25, 0.3) is 0 Å². The van der Waals surface area contributed by atoms with Crippen LogP contribution < -0.4 is 4.72 Å². The molecule has 0 saturated heterocycles. The Morgan fingerprint density at radius 1 is 1.36 bits per heavy atom. The van der Waals surface area contributed by atoms with Gasteiger partial charge in [-0.05, 0) is 11.6 Å². The zero-order valence-corrected chi connectivity index (χ0v) is 14.9. The Balaban J connectivity index is 1.98. The van der Waals surface area contributed by atoms with E-state index >= 15 is 0 Å². The van der Waals surface area contributed by atoms with E-state index in [9.17, 15) is 8.42 Å². The highest BCUT2D eigenvalue weighted by molar-refractivity contribution is 8.01. The molecule has 10 heteroatoms. The van der Waals surface area contributed by atoms with E-state index < -0.39 is 10.0 Å². The summed E-state index contributed by atoms with van der Waals surface area (Å²) < 4.78 is 32.3. The lowest BCUT2D eigenvalue weighted by Crippen LogP contribution is -2.15. The van der Waals surface area contributed by atoms with E-state index in [1.807, 2.05) is 0 Å². The molecule has 0 fully saturated rings. The molecule has 1 aromatic carbocycles. The summed E-state index contributed by atoms with van der Waals surface area (Å²) in [5.74, 6) is 0.524. The van der Waals surface area contributed by atoms with Crippen molar-refractivity contribution in [2.24, 2.45) is 0 Å². The van der Waals surface area contributed by atoms with E-state index in [1.165, 1.54) is 23.1 Å². The van der Waals surface area contributed by atoms with Crippen LogP contribution in [0.5, 0.6) is 0 Å². The van der Waals surface area contributed by atoms with Crippen molar-refractivity contribution >= 4 is 49.9 Å². The molecular formula is C12H14ClN3O3S3. The van der Waals surface area contributed by atoms with Crippen LogP contribution >= 0.6 is 34.7 Å². The fourth-order valence-corrected chi connectivity index (χ4v) is 4.95. The van der Waals surface area contributed by atoms with Gasteiger partial charge in [0.1, 0.15) is 0 Å². The van der Waals surface area contributed by atoms with Gasteiger partial charge >= 0.3 is 0 Å². The first-order valence-corrected chi connectivity index (χ1v) is 10.0. The molecular weight excluding hydrogens is 366 g/mol. The average Bonchev–Trinajstić information content (AvgIpc) is 2.88. The van der Waals surface area contributed by atoms with Crippen molar-refractivity contribution < 1.29 is 13.2 Å². The van der Waals surface area contributed by atoms with Gasteiger partial charge in [-0.15, -0.1) is 10.2 Å². The van der Waals surface area contributed by atoms with E-state index in [-0.39, 0.29) is 10.9 Å². The number of nitrogens with one attached hydrogen (secondary N) is 1. The fourth-order valence-electron chi connectivity index (χ4n) is 1.51. The summed E-state index contributed by atoms with van der Waals surface area (Å²) in [6.45, 7) is 0.595. The summed E-state index contributed by atoms with van der Waals surface area (Å²) in [5.41, 5.74) is 0.538. The second-order valence-electron chi connectivity index (χ2n) is 4.17. The highest BCUT2D eigenvalue weighted by Gasteiger charge is 2.16. The minimum absolute atomic E-state index is 0.210. The van der Waals surface area contributed by atoms with E-state index in [0.717, 1.165) is 5.75 Å². The molecule has 0 atom stereocenters. The summed E-state index contributed by atoms with van der Waals surface area (Å²) in [7, 11) is -1.96. The lowest BCUT2D eigenvalue weighted by atomic mass is 10.2. The highest BCUT2D eigenvalue weighted by atomic mass is 35.5. The van der Waals surface area contributed by atoms with E-state index in [0.29, 0.717) is 21.5 Å². The van der Waals surface area contributed by atoms with Crippen LogP contribution in [0.4, 0.5) is 5.13 Å². The third-order valence-corrected chi connectivity index (χ3v) is 6.10. The van der Waals surface area contributed by atoms with Gasteiger partial charge in [0.15, 0.2) is 4.34 Å². The number of thioether (sulfide) groups is 1. The zero-order chi connectivity index (χ0) is 16.0. The number of hydrogen-bond donors (Lipinski definition) is 1. The first kappa shape index (κ1) is 17.5. The molecule has 22 heavy (non-hydrogen) atoms. The molecule has 2 aromatic rings. The van der Waals surface area contributed by atoms with Crippen molar-refractivity contribution in [3.05, 3.63) is 34.9 Å². The van der Waals surface area contributed by atoms with Crippen LogP contribution in [0.2, 0.25) is 5.02 Å². The Morgan fingerprint density at radius 3 is 2.86 bits per heavy atom. The highest BCUT2D eigenvalue weighted by Crippen LogP contribution is 2.26. The Hall–Kier alpha value is -0.870. The fraction of sp³-hybridized carbons (Fsp3) is 0.333. The lowest BCUT2D eigenvalue weighted by Gasteiger charge is -2.06. The molecule has 1 aromatic heterocycles. The van der Waals surface area contributed by atoms with Gasteiger partial charge in [0, 0.05) is 17.9 Å². The van der Waals surface area contributed by atoms with Crippen molar-refractivity contribution in [2.75, 3.05) is 24.2 Å². The molecule has 0 bridgehead atoms. The molecule has 1 N–H and O–H groups in total. The zero-order valence-electron chi connectivity index (χ0n) is 11.7. The van der Waals surface area contributed by atoms with Crippen molar-refractivity contribution in [1.82, 2.24) is 10.2 Å². The van der Waals surface area contributed by atoms with Gasteiger partial charge in [-0.2, -0.15) is 0 Å². The summed E-state index contributed by atoms with van der Waals surface area (Å²) in [6, 6.07) is 6.82. The molecule has 0 aliphatic carbocycles. The SMILES string of the molecule is COCCSc1nnc(NS(=O)(=O)Cc2ccccc2Cl)s1. The first-order chi connectivity index (χ1) is 10.5. The van der Waals surface area contributed by atoms with Crippen molar-refractivity contribution in [2.45, 2.75) is 10.1 Å². The summed E-state index contributed by atoms with van der Waals surface area (Å²) in [5, 5.41) is 8.41. The van der Waals surface area contributed by atoms with Crippen LogP contribution in [-0.4, -0.2) is 38.1 Å². The molecule has 1 heterocycles. The van der Waals surface area contributed by atoms with Crippen molar-refractivity contribution in [1.29, 1.82) is 0 Å². The standard InChI is InChI=1S/C12H14ClN3O3S3/c1-19-6-7-20-12-15-14-11(21-12)16-22(17,18)8-9-4-2-3-5-10(9)13/h2-5H,6-8H2,1H3,(H,14,16). The molecule has 0 aliphatic rings. The predicted octanol–water partition coefficient (Wildman–Crippen LogP) is 2.87. The number of nitrogens with zero attached hydrogens (tertiary/aromatic N) is 2. The smallest absolute Gasteiger partial charge is 0.238 e. The van der Waals surface area contributed by atoms with Gasteiger partial charge in [-0.3, -0.25) is 4.72 Å². The number of anilines is 1. The molecule has 0 spiro atoms. The van der Waals surface area contributed by atoms with Crippen LogP contribution in [-0.2, 0) is 20.5 Å². The van der Waals surface area contributed by atoms with Crippen LogP contribution in [0, 0.1) is 0 Å². The number of methoxy groups -OCH3 is 1. The molecule has 120 valence electrons. The van der Waals surface area contributed by atoms with E-state index in [4.69, 9.17) is 16.3 Å². The predicted molar refractivity (Wildman–Crippen MR) is 90.2 cm³/mol. The van der Waals surface area contributed by atoms with Crippen LogP contribution in [0.1, 0.15) is 5.56 Å². The van der Waals surface area contributed by atoms with E-state index in [1.54, 1.807) is 31.4 Å². The largest absolute Gasteiger partial charge is 0.384 e. The number of benzene rings is 1. The quantitative estimate of drug-likeness (QED) is 0.561. The normalized spacial score (nSPS) is 11.5. The Labute approximate surface area is 142 Å². The second-order valence-corrected chi connectivity index (χ2v) is 8.62. The number of halogens is 1. The maximum absolute atomic E-state index is 12.1.